The second kappa shape index (κ2) is 6.89. The number of carbonyl (C=O) groups excluding carboxylic acids is 1. The van der Waals surface area contributed by atoms with Crippen molar-refractivity contribution in [2.45, 2.75) is 0 Å². The number of anilines is 1. The summed E-state index contributed by atoms with van der Waals surface area (Å²) in [6.07, 6.45) is 0. The van der Waals surface area contributed by atoms with Crippen LogP contribution < -0.4 is 4.90 Å². The molecule has 0 spiro atoms. The van der Waals surface area contributed by atoms with Crippen LogP contribution in [0.4, 0.5) is 10.1 Å². The number of amides is 1. The summed E-state index contributed by atoms with van der Waals surface area (Å²) in [5, 5.41) is 0.543. The van der Waals surface area contributed by atoms with E-state index >= 15 is 0 Å². The first-order chi connectivity index (χ1) is 11.0. The second-order valence-electron chi connectivity index (χ2n) is 5.38. The summed E-state index contributed by atoms with van der Waals surface area (Å²) in [6.45, 7) is 2.68. The molecule has 1 aliphatic rings. The molecule has 3 nitrogen and oxygen atoms in total. The molecule has 0 unspecified atom stereocenters. The molecule has 0 aromatic heterocycles. The minimum absolute atomic E-state index is 0.0295. The molecule has 0 aliphatic carbocycles. The van der Waals surface area contributed by atoms with E-state index in [1.807, 2.05) is 4.90 Å². The molecule has 0 bridgehead atoms. The lowest BCUT2D eigenvalue weighted by Gasteiger charge is -2.36. The van der Waals surface area contributed by atoms with Crippen molar-refractivity contribution in [3.63, 3.8) is 0 Å². The normalized spacial score (nSPS) is 14.9. The van der Waals surface area contributed by atoms with Crippen molar-refractivity contribution in [2.24, 2.45) is 0 Å². The van der Waals surface area contributed by atoms with Crippen molar-refractivity contribution in [2.75, 3.05) is 31.1 Å². The number of carbonyl (C=O) groups is 1. The minimum atomic E-state index is -0.242. The lowest BCUT2D eigenvalue weighted by molar-refractivity contribution is 0.0746. The van der Waals surface area contributed by atoms with Crippen LogP contribution in [0.1, 0.15) is 10.4 Å². The third kappa shape index (κ3) is 3.67. The van der Waals surface area contributed by atoms with Gasteiger partial charge in [0.15, 0.2) is 0 Å². The van der Waals surface area contributed by atoms with Crippen molar-refractivity contribution in [1.82, 2.24) is 4.90 Å². The molecular weight excluding hydrogens is 383 g/mol. The topological polar surface area (TPSA) is 23.6 Å². The molecule has 1 amide bonds. The number of hydrogen-bond donors (Lipinski definition) is 0. The van der Waals surface area contributed by atoms with E-state index in [-0.39, 0.29) is 11.7 Å². The lowest BCUT2D eigenvalue weighted by atomic mass is 10.1. The quantitative estimate of drug-likeness (QED) is 0.758. The zero-order valence-electron chi connectivity index (χ0n) is 12.3. The highest BCUT2D eigenvalue weighted by Crippen LogP contribution is 2.24. The Labute approximate surface area is 147 Å². The van der Waals surface area contributed by atoms with Crippen LogP contribution in [0.3, 0.4) is 0 Å². The Morgan fingerprint density at radius 2 is 1.70 bits per heavy atom. The van der Waals surface area contributed by atoms with Gasteiger partial charge in [-0.25, -0.2) is 4.39 Å². The van der Waals surface area contributed by atoms with Gasteiger partial charge in [-0.3, -0.25) is 4.79 Å². The highest BCUT2D eigenvalue weighted by molar-refractivity contribution is 9.10. The van der Waals surface area contributed by atoms with Crippen molar-refractivity contribution in [1.29, 1.82) is 0 Å². The van der Waals surface area contributed by atoms with Crippen LogP contribution in [0.2, 0.25) is 5.02 Å². The second-order valence-corrected chi connectivity index (χ2v) is 6.67. The Hall–Kier alpha value is -1.59. The molecule has 0 saturated carbocycles. The Balaban J connectivity index is 1.67. The maximum absolute atomic E-state index is 13.0. The molecule has 0 N–H and O–H groups in total. The molecule has 6 heteroatoms. The average Bonchev–Trinajstić information content (AvgIpc) is 2.57. The van der Waals surface area contributed by atoms with Gasteiger partial charge in [-0.15, -0.1) is 0 Å². The standard InChI is InChI=1S/C17H15BrClFN2O/c18-16-6-1-12(19)11-15(16)17(23)22-9-7-21(8-10-22)14-4-2-13(20)3-5-14/h1-6,11H,7-10H2. The predicted octanol–water partition coefficient (Wildman–Crippen LogP) is 4.20. The Morgan fingerprint density at radius 3 is 2.35 bits per heavy atom. The fourth-order valence-electron chi connectivity index (χ4n) is 2.65. The zero-order chi connectivity index (χ0) is 16.4. The maximum atomic E-state index is 13.0. The summed E-state index contributed by atoms with van der Waals surface area (Å²) in [5.74, 6) is -0.272. The van der Waals surface area contributed by atoms with E-state index in [4.69, 9.17) is 11.6 Å². The van der Waals surface area contributed by atoms with Gasteiger partial charge in [0.25, 0.3) is 5.91 Å². The molecule has 1 saturated heterocycles. The van der Waals surface area contributed by atoms with Gasteiger partial charge < -0.3 is 9.80 Å². The van der Waals surface area contributed by atoms with E-state index in [0.29, 0.717) is 23.7 Å². The van der Waals surface area contributed by atoms with Gasteiger partial charge >= 0.3 is 0 Å². The van der Waals surface area contributed by atoms with Crippen LogP contribution in [-0.4, -0.2) is 37.0 Å². The van der Waals surface area contributed by atoms with E-state index in [1.54, 1.807) is 30.3 Å². The summed E-state index contributed by atoms with van der Waals surface area (Å²) in [6, 6.07) is 11.6. The number of rotatable bonds is 2. The Kier molecular flexibility index (Phi) is 4.87. The Morgan fingerprint density at radius 1 is 1.04 bits per heavy atom. The summed E-state index contributed by atoms with van der Waals surface area (Å²) in [5.41, 5.74) is 1.55. The highest BCUT2D eigenvalue weighted by atomic mass is 79.9. The number of benzene rings is 2. The first-order valence-corrected chi connectivity index (χ1v) is 8.46. The smallest absolute Gasteiger partial charge is 0.255 e. The number of halogens is 3. The van der Waals surface area contributed by atoms with Crippen molar-refractivity contribution in [3.05, 3.63) is 63.3 Å². The molecular formula is C17H15BrClFN2O. The summed E-state index contributed by atoms with van der Waals surface area (Å²) >= 11 is 9.39. The van der Waals surface area contributed by atoms with Crippen molar-refractivity contribution < 1.29 is 9.18 Å². The maximum Gasteiger partial charge on any atom is 0.255 e. The van der Waals surface area contributed by atoms with Crippen molar-refractivity contribution >= 4 is 39.1 Å². The van der Waals surface area contributed by atoms with Crippen LogP contribution in [0.15, 0.2) is 46.9 Å². The molecule has 23 heavy (non-hydrogen) atoms. The van der Waals surface area contributed by atoms with Crippen molar-refractivity contribution in [3.8, 4) is 0 Å². The summed E-state index contributed by atoms with van der Waals surface area (Å²) in [7, 11) is 0. The molecule has 120 valence electrons. The van der Waals surface area contributed by atoms with Gasteiger partial charge in [0.2, 0.25) is 0 Å². The number of piperazine rings is 1. The summed E-state index contributed by atoms with van der Waals surface area (Å²) < 4.78 is 13.7. The van der Waals surface area contributed by atoms with Crippen LogP contribution in [0.5, 0.6) is 0 Å². The van der Waals surface area contributed by atoms with Crippen LogP contribution in [0.25, 0.3) is 0 Å². The molecule has 1 heterocycles. The van der Waals surface area contributed by atoms with Gasteiger partial charge in [-0.2, -0.15) is 0 Å². The van der Waals surface area contributed by atoms with E-state index in [0.717, 1.165) is 23.2 Å². The van der Waals surface area contributed by atoms with E-state index < -0.39 is 0 Å². The number of hydrogen-bond acceptors (Lipinski definition) is 2. The molecule has 2 aromatic rings. The lowest BCUT2D eigenvalue weighted by Crippen LogP contribution is -2.48. The molecule has 3 rings (SSSR count). The zero-order valence-corrected chi connectivity index (χ0v) is 14.6. The first kappa shape index (κ1) is 16.3. The monoisotopic (exact) mass is 396 g/mol. The average molecular weight is 398 g/mol. The van der Waals surface area contributed by atoms with Crippen LogP contribution in [0, 0.1) is 5.82 Å². The van der Waals surface area contributed by atoms with Crippen LogP contribution in [-0.2, 0) is 0 Å². The SMILES string of the molecule is O=C(c1cc(Cl)ccc1Br)N1CCN(c2ccc(F)cc2)CC1. The molecule has 1 fully saturated rings. The minimum Gasteiger partial charge on any atom is -0.368 e. The fraction of sp³-hybridized carbons (Fsp3) is 0.235. The molecule has 0 atom stereocenters. The van der Waals surface area contributed by atoms with Gasteiger partial charge in [0, 0.05) is 41.4 Å². The first-order valence-electron chi connectivity index (χ1n) is 7.29. The van der Waals surface area contributed by atoms with E-state index in [9.17, 15) is 9.18 Å². The summed E-state index contributed by atoms with van der Waals surface area (Å²) in [4.78, 5) is 16.6. The van der Waals surface area contributed by atoms with E-state index in [2.05, 4.69) is 20.8 Å². The fourth-order valence-corrected chi connectivity index (χ4v) is 3.24. The molecule has 0 radical (unpaired) electrons. The largest absolute Gasteiger partial charge is 0.368 e. The third-order valence-corrected chi connectivity index (χ3v) is 4.84. The molecule has 1 aliphatic heterocycles. The van der Waals surface area contributed by atoms with Crippen LogP contribution >= 0.6 is 27.5 Å². The van der Waals surface area contributed by atoms with Gasteiger partial charge in [0.05, 0.1) is 5.56 Å². The van der Waals surface area contributed by atoms with E-state index in [1.165, 1.54) is 12.1 Å². The van der Waals surface area contributed by atoms with Gasteiger partial charge in [-0.05, 0) is 58.4 Å². The number of nitrogens with zero attached hydrogens (tertiary/aromatic N) is 2. The third-order valence-electron chi connectivity index (χ3n) is 3.92. The molecule has 2 aromatic carbocycles. The predicted molar refractivity (Wildman–Crippen MR) is 93.7 cm³/mol. The van der Waals surface area contributed by atoms with Gasteiger partial charge in [-0.1, -0.05) is 11.6 Å². The van der Waals surface area contributed by atoms with Gasteiger partial charge in [0.1, 0.15) is 5.82 Å². The Bertz CT molecular complexity index is 715. The highest BCUT2D eigenvalue weighted by Gasteiger charge is 2.23.